The summed E-state index contributed by atoms with van der Waals surface area (Å²) < 4.78 is 4.93. The molecule has 0 aromatic carbocycles. The predicted octanol–water partition coefficient (Wildman–Crippen LogP) is 2.07. The minimum absolute atomic E-state index is 0.283. The number of rotatable bonds is 4. The number of ether oxygens (including phenoxy) is 1. The predicted molar refractivity (Wildman–Crippen MR) is 95.9 cm³/mol. The third-order valence-electron chi connectivity index (χ3n) is 5.12. The van der Waals surface area contributed by atoms with Gasteiger partial charge in [-0.25, -0.2) is 4.79 Å². The number of aryl methyl sites for hydroxylation is 1. The lowest BCUT2D eigenvalue weighted by atomic mass is 9.82. The van der Waals surface area contributed by atoms with E-state index in [1.165, 1.54) is 18.4 Å². The Balaban J connectivity index is 1.89. The average molecular weight is 376 g/mol. The van der Waals surface area contributed by atoms with Gasteiger partial charge in [0.1, 0.15) is 5.00 Å². The summed E-state index contributed by atoms with van der Waals surface area (Å²) in [4.78, 5) is 37.5. The number of methoxy groups -OCH3 is 1. The van der Waals surface area contributed by atoms with Crippen LogP contribution in [0.3, 0.4) is 0 Å². The van der Waals surface area contributed by atoms with Crippen LogP contribution in [0.2, 0.25) is 0 Å². The van der Waals surface area contributed by atoms with Gasteiger partial charge < -0.3 is 20.0 Å². The minimum Gasteiger partial charge on any atom is -0.550 e. The summed E-state index contributed by atoms with van der Waals surface area (Å²) in [6.07, 6.45) is 9.06. The second-order valence-electron chi connectivity index (χ2n) is 6.72. The van der Waals surface area contributed by atoms with Crippen LogP contribution < -0.4 is 10.4 Å². The van der Waals surface area contributed by atoms with E-state index in [0.29, 0.717) is 17.0 Å². The Kier molecular flexibility index (Phi) is 5.76. The summed E-state index contributed by atoms with van der Waals surface area (Å²) in [6, 6.07) is 0. The van der Waals surface area contributed by atoms with Crippen LogP contribution in [0.25, 0.3) is 0 Å². The van der Waals surface area contributed by atoms with Crippen molar-refractivity contribution >= 4 is 34.2 Å². The number of hydrogen-bond acceptors (Lipinski definition) is 6. The van der Waals surface area contributed by atoms with Crippen LogP contribution in [0.5, 0.6) is 0 Å². The first kappa shape index (κ1) is 18.6. The van der Waals surface area contributed by atoms with Gasteiger partial charge in [0.25, 0.3) is 0 Å². The lowest BCUT2D eigenvalue weighted by molar-refractivity contribution is -0.313. The number of carbonyl (C=O) groups excluding carboxylic acids is 3. The Morgan fingerprint density at radius 1 is 1.12 bits per heavy atom. The van der Waals surface area contributed by atoms with Crippen LogP contribution in [0.1, 0.15) is 52.9 Å². The summed E-state index contributed by atoms with van der Waals surface area (Å²) in [5.41, 5.74) is 1.40. The molecule has 26 heavy (non-hydrogen) atoms. The molecule has 1 amide bonds. The maximum Gasteiger partial charge on any atom is 0.341 e. The highest BCUT2D eigenvalue weighted by Crippen LogP contribution is 2.38. The first-order chi connectivity index (χ1) is 12.5. The maximum absolute atomic E-state index is 12.7. The molecule has 0 radical (unpaired) electrons. The normalized spacial score (nSPS) is 22.2. The molecule has 0 fully saturated rings. The molecule has 140 valence electrons. The number of aliphatic carboxylic acids is 1. The molecule has 0 saturated carbocycles. The van der Waals surface area contributed by atoms with Crippen molar-refractivity contribution in [1.82, 2.24) is 0 Å². The number of thiophene rings is 1. The van der Waals surface area contributed by atoms with E-state index < -0.39 is 23.8 Å². The van der Waals surface area contributed by atoms with Gasteiger partial charge in [0, 0.05) is 16.8 Å². The van der Waals surface area contributed by atoms with Crippen LogP contribution in [-0.2, 0) is 27.2 Å². The molecule has 0 bridgehead atoms. The number of amides is 1. The highest BCUT2D eigenvalue weighted by molar-refractivity contribution is 7.17. The van der Waals surface area contributed by atoms with Gasteiger partial charge in [-0.15, -0.1) is 11.3 Å². The second-order valence-corrected chi connectivity index (χ2v) is 7.83. The Labute approximate surface area is 156 Å². The zero-order chi connectivity index (χ0) is 18.7. The van der Waals surface area contributed by atoms with Gasteiger partial charge >= 0.3 is 5.97 Å². The summed E-state index contributed by atoms with van der Waals surface area (Å²) in [5.74, 6) is -3.61. The standard InChI is InChI=1S/C19H23NO5S/c1-25-19(24)15-13-9-3-2-4-10-14(13)26-17(15)20-16(21)11-7-5-6-8-12(11)18(22)23/h5-6,11-12H,2-4,7-10H2,1H3,(H,20,21)(H,22,23)/p-1/t11-,12-/m1/s1. The number of hydrogen-bond donors (Lipinski definition) is 1. The van der Waals surface area contributed by atoms with Crippen LogP contribution in [0.15, 0.2) is 12.2 Å². The van der Waals surface area contributed by atoms with Gasteiger partial charge in [0.15, 0.2) is 0 Å². The number of nitrogens with one attached hydrogen (secondary N) is 1. The first-order valence-electron chi connectivity index (χ1n) is 8.92. The van der Waals surface area contributed by atoms with Gasteiger partial charge in [-0.3, -0.25) is 4.79 Å². The molecule has 0 aliphatic heterocycles. The van der Waals surface area contributed by atoms with Crippen molar-refractivity contribution in [3.63, 3.8) is 0 Å². The number of anilines is 1. The quantitative estimate of drug-likeness (QED) is 0.493. The average Bonchev–Trinajstić information content (AvgIpc) is 2.81. The van der Waals surface area contributed by atoms with Gasteiger partial charge in [0.05, 0.1) is 18.6 Å². The molecule has 2 aliphatic rings. The molecule has 2 aliphatic carbocycles. The number of esters is 1. The van der Waals surface area contributed by atoms with Crippen molar-refractivity contribution in [3.05, 3.63) is 28.2 Å². The fraction of sp³-hybridized carbons (Fsp3) is 0.526. The number of carboxylic acids is 1. The summed E-state index contributed by atoms with van der Waals surface area (Å²) >= 11 is 1.41. The lowest BCUT2D eigenvalue weighted by Crippen LogP contribution is -2.41. The smallest absolute Gasteiger partial charge is 0.341 e. The van der Waals surface area contributed by atoms with Crippen LogP contribution in [0.4, 0.5) is 5.00 Å². The molecule has 7 heteroatoms. The molecule has 6 nitrogen and oxygen atoms in total. The number of fused-ring (bicyclic) bond motifs is 1. The molecule has 2 atom stereocenters. The van der Waals surface area contributed by atoms with Crippen molar-refractivity contribution in [2.24, 2.45) is 11.8 Å². The first-order valence-corrected chi connectivity index (χ1v) is 9.74. The largest absolute Gasteiger partial charge is 0.550 e. The van der Waals surface area contributed by atoms with Gasteiger partial charge in [-0.05, 0) is 44.1 Å². The number of carboxylic acid groups (broad SMARTS) is 1. The molecule has 0 saturated heterocycles. The molecular weight excluding hydrogens is 354 g/mol. The van der Waals surface area contributed by atoms with Crippen molar-refractivity contribution < 1.29 is 24.2 Å². The van der Waals surface area contributed by atoms with Crippen molar-refractivity contribution in [3.8, 4) is 0 Å². The van der Waals surface area contributed by atoms with Crippen molar-refractivity contribution in [2.75, 3.05) is 12.4 Å². The Bertz CT molecular complexity index is 751. The topological polar surface area (TPSA) is 95.5 Å². The van der Waals surface area contributed by atoms with E-state index in [0.717, 1.165) is 42.5 Å². The Morgan fingerprint density at radius 3 is 2.50 bits per heavy atom. The van der Waals surface area contributed by atoms with E-state index in [1.54, 1.807) is 6.08 Å². The molecular formula is C19H22NO5S-. The molecule has 1 aromatic heterocycles. The summed E-state index contributed by atoms with van der Waals surface area (Å²) in [6.45, 7) is 0. The van der Waals surface area contributed by atoms with E-state index in [2.05, 4.69) is 5.32 Å². The van der Waals surface area contributed by atoms with Crippen LogP contribution >= 0.6 is 11.3 Å². The van der Waals surface area contributed by atoms with Crippen molar-refractivity contribution in [2.45, 2.75) is 44.9 Å². The summed E-state index contributed by atoms with van der Waals surface area (Å²) in [7, 11) is 1.33. The highest BCUT2D eigenvalue weighted by atomic mass is 32.1. The van der Waals surface area contributed by atoms with E-state index >= 15 is 0 Å². The third-order valence-corrected chi connectivity index (χ3v) is 6.33. The van der Waals surface area contributed by atoms with Gasteiger partial charge in [-0.2, -0.15) is 0 Å². The van der Waals surface area contributed by atoms with Crippen LogP contribution in [0, 0.1) is 11.8 Å². The van der Waals surface area contributed by atoms with Gasteiger partial charge in [0.2, 0.25) is 5.91 Å². The maximum atomic E-state index is 12.7. The zero-order valence-corrected chi connectivity index (χ0v) is 15.5. The third kappa shape index (κ3) is 3.67. The Morgan fingerprint density at radius 2 is 1.81 bits per heavy atom. The highest BCUT2D eigenvalue weighted by Gasteiger charge is 2.32. The molecule has 1 aromatic rings. The second kappa shape index (κ2) is 8.03. The Hall–Kier alpha value is -2.15. The van der Waals surface area contributed by atoms with E-state index in [1.807, 2.05) is 6.08 Å². The minimum atomic E-state index is -1.22. The van der Waals surface area contributed by atoms with Crippen molar-refractivity contribution in [1.29, 1.82) is 0 Å². The van der Waals surface area contributed by atoms with Gasteiger partial charge in [-0.1, -0.05) is 18.6 Å². The molecule has 0 unspecified atom stereocenters. The molecule has 3 rings (SSSR count). The monoisotopic (exact) mass is 376 g/mol. The molecule has 0 spiro atoms. The summed E-state index contributed by atoms with van der Waals surface area (Å²) in [5, 5.41) is 14.6. The lowest BCUT2D eigenvalue weighted by Gasteiger charge is -2.28. The van der Waals surface area contributed by atoms with E-state index in [-0.39, 0.29) is 12.3 Å². The number of carbonyl (C=O) groups is 3. The van der Waals surface area contributed by atoms with Crippen LogP contribution in [-0.4, -0.2) is 25.0 Å². The fourth-order valence-electron chi connectivity index (χ4n) is 3.72. The molecule has 1 N–H and O–H groups in total. The zero-order valence-electron chi connectivity index (χ0n) is 14.7. The molecule has 1 heterocycles. The SMILES string of the molecule is COC(=O)c1c(NC(=O)[C@@H]2CC=CC[C@H]2C(=O)[O-])sc2c1CCCCC2. The van der Waals surface area contributed by atoms with E-state index in [4.69, 9.17) is 4.74 Å². The van der Waals surface area contributed by atoms with E-state index in [9.17, 15) is 19.5 Å². The number of allylic oxidation sites excluding steroid dienone is 2. The fourth-order valence-corrected chi connectivity index (χ4v) is 5.00.